The molecule has 7 heteroatoms. The van der Waals surface area contributed by atoms with Gasteiger partial charge in [0.2, 0.25) is 6.10 Å². The zero-order valence-corrected chi connectivity index (χ0v) is 13.1. The van der Waals surface area contributed by atoms with Crippen LogP contribution in [0, 0.1) is 17.5 Å². The molecule has 1 aliphatic heterocycles. The predicted octanol–water partition coefficient (Wildman–Crippen LogP) is 3.11. The number of amides is 1. The van der Waals surface area contributed by atoms with Gasteiger partial charge >= 0.3 is 0 Å². The fourth-order valence-corrected chi connectivity index (χ4v) is 2.47. The van der Waals surface area contributed by atoms with Gasteiger partial charge in [0.25, 0.3) is 5.91 Å². The van der Waals surface area contributed by atoms with Crippen molar-refractivity contribution >= 4 is 11.6 Å². The van der Waals surface area contributed by atoms with E-state index in [-0.39, 0.29) is 17.9 Å². The highest BCUT2D eigenvalue weighted by atomic mass is 19.1. The van der Waals surface area contributed by atoms with Crippen molar-refractivity contribution in [3.63, 3.8) is 0 Å². The maximum atomic E-state index is 13.5. The molecule has 1 amide bonds. The molecule has 0 spiro atoms. The first kappa shape index (κ1) is 17.0. The van der Waals surface area contributed by atoms with Gasteiger partial charge in [-0.2, -0.15) is 0 Å². The minimum Gasteiger partial charge on any atom is -0.382 e. The second kappa shape index (κ2) is 7.38. The first-order valence-electron chi connectivity index (χ1n) is 7.69. The van der Waals surface area contributed by atoms with E-state index in [1.807, 2.05) is 0 Å². The van der Waals surface area contributed by atoms with Crippen molar-refractivity contribution in [1.29, 1.82) is 0 Å². The third-order valence-corrected chi connectivity index (χ3v) is 3.81. The van der Waals surface area contributed by atoms with Crippen LogP contribution in [0.3, 0.4) is 0 Å². The maximum Gasteiger partial charge on any atom is 0.264 e. The second-order valence-electron chi connectivity index (χ2n) is 5.71. The number of hydrogen-bond donors (Lipinski definition) is 1. The Labute approximate surface area is 142 Å². The van der Waals surface area contributed by atoms with E-state index >= 15 is 0 Å². The number of rotatable bonds is 5. The molecule has 3 rings (SSSR count). The Bertz CT molecular complexity index is 806. The van der Waals surface area contributed by atoms with Gasteiger partial charge in [-0.05, 0) is 23.8 Å². The summed E-state index contributed by atoms with van der Waals surface area (Å²) < 4.78 is 39.3. The quantitative estimate of drug-likeness (QED) is 0.903. The number of benzene rings is 2. The first-order valence-corrected chi connectivity index (χ1v) is 7.69. The van der Waals surface area contributed by atoms with Gasteiger partial charge in [0.15, 0.2) is 0 Å². The van der Waals surface area contributed by atoms with Gasteiger partial charge in [-0.3, -0.25) is 4.79 Å². The van der Waals surface area contributed by atoms with E-state index in [2.05, 4.69) is 10.5 Å². The summed E-state index contributed by atoms with van der Waals surface area (Å²) in [7, 11) is 0. The molecule has 2 aromatic rings. The summed E-state index contributed by atoms with van der Waals surface area (Å²) >= 11 is 0. The molecule has 1 aliphatic rings. The Balaban J connectivity index is 1.50. The minimum absolute atomic E-state index is 0.0713. The lowest BCUT2D eigenvalue weighted by Gasteiger charge is -2.10. The Hall–Kier alpha value is -2.83. The van der Waals surface area contributed by atoms with Gasteiger partial charge in [0.05, 0.1) is 5.71 Å². The molecule has 130 valence electrons. The molecular weight excluding hydrogens is 333 g/mol. The lowest BCUT2D eigenvalue weighted by atomic mass is 10.0. The van der Waals surface area contributed by atoms with Crippen molar-refractivity contribution in [2.45, 2.75) is 25.5 Å². The van der Waals surface area contributed by atoms with Crippen LogP contribution in [0.25, 0.3) is 0 Å². The van der Waals surface area contributed by atoms with Crippen molar-refractivity contribution in [2.24, 2.45) is 5.16 Å². The van der Waals surface area contributed by atoms with Gasteiger partial charge in [-0.1, -0.05) is 23.4 Å². The lowest BCUT2D eigenvalue weighted by molar-refractivity contribution is -0.131. The standard InChI is InChI=1S/C18H15F3N2O2/c19-13-4-1-11(2-5-13)7-15-9-17(25-23-15)18(24)22-10-12-3-6-14(20)8-16(12)21/h1-6,8,17H,7,9-10H2,(H,22,24). The van der Waals surface area contributed by atoms with Crippen LogP contribution in [0.1, 0.15) is 17.5 Å². The zero-order chi connectivity index (χ0) is 17.8. The third kappa shape index (κ3) is 4.37. The fourth-order valence-electron chi connectivity index (χ4n) is 2.47. The molecular formula is C18H15F3N2O2. The number of nitrogens with zero attached hydrogens (tertiary/aromatic N) is 1. The molecule has 25 heavy (non-hydrogen) atoms. The minimum atomic E-state index is -0.793. The predicted molar refractivity (Wildman–Crippen MR) is 85.2 cm³/mol. The number of nitrogens with one attached hydrogen (secondary N) is 1. The molecule has 4 nitrogen and oxygen atoms in total. The van der Waals surface area contributed by atoms with Crippen LogP contribution in [0.15, 0.2) is 47.6 Å². The second-order valence-corrected chi connectivity index (χ2v) is 5.71. The fraction of sp³-hybridized carbons (Fsp3) is 0.222. The van der Waals surface area contributed by atoms with Gasteiger partial charge in [-0.15, -0.1) is 0 Å². The van der Waals surface area contributed by atoms with E-state index in [1.54, 1.807) is 12.1 Å². The van der Waals surface area contributed by atoms with E-state index in [0.29, 0.717) is 18.6 Å². The van der Waals surface area contributed by atoms with E-state index < -0.39 is 23.6 Å². The SMILES string of the molecule is O=C(NCc1ccc(F)cc1F)C1CC(Cc2ccc(F)cc2)=NO1. The molecule has 1 unspecified atom stereocenters. The van der Waals surface area contributed by atoms with E-state index in [0.717, 1.165) is 17.7 Å². The summed E-state index contributed by atoms with van der Waals surface area (Å²) in [5.41, 5.74) is 1.71. The van der Waals surface area contributed by atoms with Crippen LogP contribution in [-0.2, 0) is 22.6 Å². The molecule has 2 aromatic carbocycles. The molecule has 0 radical (unpaired) electrons. The Morgan fingerprint density at radius 1 is 1.12 bits per heavy atom. The topological polar surface area (TPSA) is 50.7 Å². The molecule has 0 aliphatic carbocycles. The molecule has 0 bridgehead atoms. The van der Waals surface area contributed by atoms with E-state index in [1.165, 1.54) is 18.2 Å². The van der Waals surface area contributed by atoms with Crippen molar-refractivity contribution < 1.29 is 22.8 Å². The third-order valence-electron chi connectivity index (χ3n) is 3.81. The van der Waals surface area contributed by atoms with Crippen molar-refractivity contribution in [2.75, 3.05) is 0 Å². The summed E-state index contributed by atoms with van der Waals surface area (Å²) in [6.07, 6.45) is -0.0369. The lowest BCUT2D eigenvalue weighted by Crippen LogP contribution is -2.34. The zero-order valence-electron chi connectivity index (χ0n) is 13.1. The number of carbonyl (C=O) groups excluding carboxylic acids is 1. The number of oxime groups is 1. The highest BCUT2D eigenvalue weighted by Gasteiger charge is 2.28. The highest BCUT2D eigenvalue weighted by molar-refractivity contribution is 5.93. The average Bonchev–Trinajstić information content (AvgIpc) is 3.04. The largest absolute Gasteiger partial charge is 0.382 e. The van der Waals surface area contributed by atoms with Crippen molar-refractivity contribution in [1.82, 2.24) is 5.32 Å². The van der Waals surface area contributed by atoms with Gasteiger partial charge in [0, 0.05) is 31.0 Å². The molecule has 0 aromatic heterocycles. The van der Waals surface area contributed by atoms with Crippen molar-refractivity contribution in [3.05, 3.63) is 71.0 Å². The number of carbonyl (C=O) groups is 1. The molecule has 0 saturated carbocycles. The smallest absolute Gasteiger partial charge is 0.264 e. The summed E-state index contributed by atoms with van der Waals surface area (Å²) in [6.45, 7) is -0.0713. The van der Waals surface area contributed by atoms with Crippen LogP contribution in [-0.4, -0.2) is 17.7 Å². The summed E-state index contributed by atoms with van der Waals surface area (Å²) in [4.78, 5) is 17.2. The molecule has 0 fully saturated rings. The molecule has 1 atom stereocenters. The van der Waals surface area contributed by atoms with Gasteiger partial charge in [0.1, 0.15) is 17.5 Å². The Morgan fingerprint density at radius 2 is 1.84 bits per heavy atom. The van der Waals surface area contributed by atoms with Crippen LogP contribution in [0.2, 0.25) is 0 Å². The van der Waals surface area contributed by atoms with Crippen LogP contribution in [0.4, 0.5) is 13.2 Å². The van der Waals surface area contributed by atoms with Crippen LogP contribution < -0.4 is 5.32 Å². The van der Waals surface area contributed by atoms with Crippen LogP contribution in [0.5, 0.6) is 0 Å². The molecule has 0 saturated heterocycles. The highest BCUT2D eigenvalue weighted by Crippen LogP contribution is 2.16. The maximum absolute atomic E-state index is 13.5. The summed E-state index contributed by atoms with van der Waals surface area (Å²) in [5.74, 6) is -2.15. The number of hydrogen-bond acceptors (Lipinski definition) is 3. The normalized spacial score (nSPS) is 16.3. The van der Waals surface area contributed by atoms with Crippen LogP contribution >= 0.6 is 0 Å². The average molecular weight is 348 g/mol. The number of halogens is 3. The van der Waals surface area contributed by atoms with E-state index in [4.69, 9.17) is 4.84 Å². The Morgan fingerprint density at radius 3 is 2.56 bits per heavy atom. The van der Waals surface area contributed by atoms with Crippen molar-refractivity contribution in [3.8, 4) is 0 Å². The Kier molecular flexibility index (Phi) is 5.02. The molecule has 1 heterocycles. The van der Waals surface area contributed by atoms with Gasteiger partial charge in [-0.25, -0.2) is 13.2 Å². The monoisotopic (exact) mass is 348 g/mol. The van der Waals surface area contributed by atoms with E-state index in [9.17, 15) is 18.0 Å². The molecule has 1 N–H and O–H groups in total. The van der Waals surface area contributed by atoms with Gasteiger partial charge < -0.3 is 10.2 Å². The summed E-state index contributed by atoms with van der Waals surface area (Å²) in [5, 5.41) is 6.42. The first-order chi connectivity index (χ1) is 12.0. The summed E-state index contributed by atoms with van der Waals surface area (Å²) in [6, 6.07) is 9.15.